The standard InChI is InChI=1S/C8H3Cl3N2O/c9-4-1-2-6(10)5(3-4)7-12-8(11)14-13-7/h1-3H. The van der Waals surface area contributed by atoms with E-state index in [1.54, 1.807) is 18.2 Å². The van der Waals surface area contributed by atoms with E-state index in [0.29, 0.717) is 21.4 Å². The lowest BCUT2D eigenvalue weighted by molar-refractivity contribution is 0.421. The van der Waals surface area contributed by atoms with Gasteiger partial charge >= 0.3 is 5.35 Å². The number of hydrogen-bond acceptors (Lipinski definition) is 3. The second kappa shape index (κ2) is 3.77. The van der Waals surface area contributed by atoms with Crippen LogP contribution >= 0.6 is 34.8 Å². The smallest absolute Gasteiger partial charge is 0.320 e. The van der Waals surface area contributed by atoms with Crippen LogP contribution in [0.5, 0.6) is 0 Å². The zero-order valence-corrected chi connectivity index (χ0v) is 8.94. The van der Waals surface area contributed by atoms with Crippen molar-refractivity contribution in [3.05, 3.63) is 33.6 Å². The van der Waals surface area contributed by atoms with Crippen molar-refractivity contribution in [1.82, 2.24) is 10.1 Å². The monoisotopic (exact) mass is 248 g/mol. The van der Waals surface area contributed by atoms with E-state index in [1.165, 1.54) is 0 Å². The van der Waals surface area contributed by atoms with Gasteiger partial charge in [-0.25, -0.2) is 0 Å². The van der Waals surface area contributed by atoms with Crippen molar-refractivity contribution in [2.75, 3.05) is 0 Å². The van der Waals surface area contributed by atoms with Gasteiger partial charge in [0.1, 0.15) is 0 Å². The number of benzene rings is 1. The highest BCUT2D eigenvalue weighted by Gasteiger charge is 2.10. The minimum atomic E-state index is -0.0314. The predicted octanol–water partition coefficient (Wildman–Crippen LogP) is 3.70. The molecule has 72 valence electrons. The van der Waals surface area contributed by atoms with Crippen molar-refractivity contribution in [1.29, 1.82) is 0 Å². The fourth-order valence-electron chi connectivity index (χ4n) is 0.983. The largest absolute Gasteiger partial charge is 0.321 e. The molecule has 0 radical (unpaired) electrons. The first-order valence-electron chi connectivity index (χ1n) is 3.61. The maximum absolute atomic E-state index is 5.92. The van der Waals surface area contributed by atoms with Gasteiger partial charge in [0.2, 0.25) is 5.82 Å². The zero-order chi connectivity index (χ0) is 10.1. The highest BCUT2D eigenvalue weighted by Crippen LogP contribution is 2.28. The van der Waals surface area contributed by atoms with Crippen LogP contribution in [0.25, 0.3) is 11.4 Å². The summed E-state index contributed by atoms with van der Waals surface area (Å²) in [6, 6.07) is 4.98. The Bertz CT molecular complexity index is 469. The fraction of sp³-hybridized carbons (Fsp3) is 0. The molecule has 0 amide bonds. The van der Waals surface area contributed by atoms with E-state index in [9.17, 15) is 0 Å². The van der Waals surface area contributed by atoms with Crippen molar-refractivity contribution in [3.8, 4) is 11.4 Å². The molecule has 3 nitrogen and oxygen atoms in total. The first-order valence-corrected chi connectivity index (χ1v) is 4.75. The van der Waals surface area contributed by atoms with Gasteiger partial charge in [-0.1, -0.05) is 28.4 Å². The van der Waals surface area contributed by atoms with Gasteiger partial charge < -0.3 is 4.52 Å². The lowest BCUT2D eigenvalue weighted by Gasteiger charge is -1.98. The molecule has 2 rings (SSSR count). The second-order valence-corrected chi connectivity index (χ2v) is 3.66. The third-order valence-corrected chi connectivity index (χ3v) is 2.29. The Morgan fingerprint density at radius 1 is 1.14 bits per heavy atom. The summed E-state index contributed by atoms with van der Waals surface area (Å²) < 4.78 is 4.62. The molecule has 0 N–H and O–H groups in total. The summed E-state index contributed by atoms with van der Waals surface area (Å²) in [4.78, 5) is 3.83. The van der Waals surface area contributed by atoms with Crippen LogP contribution in [-0.4, -0.2) is 10.1 Å². The highest BCUT2D eigenvalue weighted by molar-refractivity contribution is 6.35. The molecular weight excluding hydrogens is 246 g/mol. The van der Waals surface area contributed by atoms with Crippen molar-refractivity contribution < 1.29 is 4.52 Å². The van der Waals surface area contributed by atoms with Crippen LogP contribution in [0.4, 0.5) is 0 Å². The first-order chi connectivity index (χ1) is 6.66. The van der Waals surface area contributed by atoms with Gasteiger partial charge in [-0.05, 0) is 29.8 Å². The topological polar surface area (TPSA) is 38.9 Å². The quantitative estimate of drug-likeness (QED) is 0.773. The Morgan fingerprint density at radius 2 is 1.93 bits per heavy atom. The van der Waals surface area contributed by atoms with E-state index in [1.807, 2.05) is 0 Å². The molecule has 0 spiro atoms. The summed E-state index contributed by atoms with van der Waals surface area (Å²) in [5.74, 6) is 0.322. The van der Waals surface area contributed by atoms with Crippen LogP contribution in [0.15, 0.2) is 22.7 Å². The summed E-state index contributed by atoms with van der Waals surface area (Å²) in [5, 5.41) is 4.63. The number of hydrogen-bond donors (Lipinski definition) is 0. The molecule has 0 aliphatic rings. The van der Waals surface area contributed by atoms with Gasteiger partial charge in [0, 0.05) is 10.6 Å². The average Bonchev–Trinajstić information content (AvgIpc) is 2.56. The van der Waals surface area contributed by atoms with Crippen molar-refractivity contribution in [2.24, 2.45) is 0 Å². The van der Waals surface area contributed by atoms with Gasteiger partial charge in [-0.3, -0.25) is 0 Å². The molecule has 14 heavy (non-hydrogen) atoms. The summed E-state index contributed by atoms with van der Waals surface area (Å²) in [6.07, 6.45) is 0. The lowest BCUT2D eigenvalue weighted by atomic mass is 10.2. The third-order valence-electron chi connectivity index (χ3n) is 1.57. The van der Waals surface area contributed by atoms with E-state index in [-0.39, 0.29) is 5.35 Å². The number of nitrogens with zero attached hydrogens (tertiary/aromatic N) is 2. The van der Waals surface area contributed by atoms with Crippen molar-refractivity contribution in [3.63, 3.8) is 0 Å². The maximum Gasteiger partial charge on any atom is 0.320 e. The van der Waals surface area contributed by atoms with E-state index in [4.69, 9.17) is 34.8 Å². The summed E-state index contributed by atoms with van der Waals surface area (Å²) in [6.45, 7) is 0. The molecule has 0 unspecified atom stereocenters. The molecule has 0 aliphatic heterocycles. The Hall–Kier alpha value is -0.770. The normalized spacial score (nSPS) is 10.5. The molecule has 1 heterocycles. The van der Waals surface area contributed by atoms with Gasteiger partial charge in [-0.2, -0.15) is 4.98 Å². The number of aromatic nitrogens is 2. The van der Waals surface area contributed by atoms with Crippen LogP contribution in [-0.2, 0) is 0 Å². The van der Waals surface area contributed by atoms with Gasteiger partial charge in [-0.15, -0.1) is 0 Å². The average molecular weight is 249 g/mol. The van der Waals surface area contributed by atoms with E-state index >= 15 is 0 Å². The van der Waals surface area contributed by atoms with Gasteiger partial charge in [0.15, 0.2) is 0 Å². The number of rotatable bonds is 1. The molecule has 0 fully saturated rings. The van der Waals surface area contributed by atoms with Crippen LogP contribution in [0, 0.1) is 0 Å². The molecular formula is C8H3Cl3N2O. The highest BCUT2D eigenvalue weighted by atomic mass is 35.5. The van der Waals surface area contributed by atoms with Gasteiger partial charge in [0.25, 0.3) is 0 Å². The molecule has 1 aromatic carbocycles. The van der Waals surface area contributed by atoms with Crippen molar-refractivity contribution >= 4 is 34.8 Å². The minimum absolute atomic E-state index is 0.0314. The van der Waals surface area contributed by atoms with E-state index in [0.717, 1.165) is 0 Å². The minimum Gasteiger partial charge on any atom is -0.321 e. The molecule has 0 aliphatic carbocycles. The predicted molar refractivity (Wildman–Crippen MR) is 54.8 cm³/mol. The lowest BCUT2D eigenvalue weighted by Crippen LogP contribution is -1.81. The van der Waals surface area contributed by atoms with E-state index in [2.05, 4.69) is 14.7 Å². The van der Waals surface area contributed by atoms with Crippen LogP contribution in [0.3, 0.4) is 0 Å². The molecule has 1 aromatic heterocycles. The second-order valence-electron chi connectivity index (χ2n) is 2.50. The molecule has 0 saturated heterocycles. The zero-order valence-electron chi connectivity index (χ0n) is 6.67. The summed E-state index contributed by atoms with van der Waals surface area (Å²) >= 11 is 17.2. The van der Waals surface area contributed by atoms with Crippen LogP contribution in [0.2, 0.25) is 15.4 Å². The maximum atomic E-state index is 5.92. The van der Waals surface area contributed by atoms with E-state index < -0.39 is 0 Å². The fourth-order valence-corrected chi connectivity index (χ4v) is 1.47. The Kier molecular flexibility index (Phi) is 2.63. The number of halogens is 3. The molecule has 2 aromatic rings. The molecule has 6 heteroatoms. The Balaban J connectivity index is 2.55. The van der Waals surface area contributed by atoms with Crippen LogP contribution in [0.1, 0.15) is 0 Å². The molecule has 0 bridgehead atoms. The molecule has 0 atom stereocenters. The Labute approximate surface area is 94.6 Å². The third kappa shape index (κ3) is 1.85. The molecule has 0 saturated carbocycles. The van der Waals surface area contributed by atoms with Gasteiger partial charge in [0.05, 0.1) is 5.02 Å². The van der Waals surface area contributed by atoms with Crippen molar-refractivity contribution in [2.45, 2.75) is 0 Å². The van der Waals surface area contributed by atoms with Crippen LogP contribution < -0.4 is 0 Å². The SMILES string of the molecule is Clc1ccc(Cl)c(-c2noc(Cl)n2)c1. The first kappa shape index (κ1) is 9.77. The Morgan fingerprint density at radius 3 is 2.57 bits per heavy atom. The summed E-state index contributed by atoms with van der Waals surface area (Å²) in [5.41, 5.74) is 0.592. The summed E-state index contributed by atoms with van der Waals surface area (Å²) in [7, 11) is 0.